The van der Waals surface area contributed by atoms with Crippen LogP contribution in [0.4, 0.5) is 0 Å². The molecule has 0 aliphatic heterocycles. The zero-order chi connectivity index (χ0) is 13.0. The predicted octanol–water partition coefficient (Wildman–Crippen LogP) is 5.04. The monoisotopic (exact) mass is 260 g/mol. The Labute approximate surface area is 113 Å². The SMILES string of the molecule is CC(C)c1ccc(COc2ccccc2Cl)cc1. The summed E-state index contributed by atoms with van der Waals surface area (Å²) < 4.78 is 5.69. The van der Waals surface area contributed by atoms with Gasteiger partial charge in [-0.3, -0.25) is 0 Å². The fourth-order valence-corrected chi connectivity index (χ4v) is 1.91. The van der Waals surface area contributed by atoms with Gasteiger partial charge in [-0.05, 0) is 29.2 Å². The lowest BCUT2D eigenvalue weighted by Gasteiger charge is -2.09. The lowest BCUT2D eigenvalue weighted by atomic mass is 10.0. The average molecular weight is 261 g/mol. The third-order valence-electron chi connectivity index (χ3n) is 2.88. The van der Waals surface area contributed by atoms with Crippen LogP contribution < -0.4 is 4.74 Å². The first-order valence-corrected chi connectivity index (χ1v) is 6.51. The summed E-state index contributed by atoms with van der Waals surface area (Å²) in [5.41, 5.74) is 2.50. The molecule has 0 fully saturated rings. The highest BCUT2D eigenvalue weighted by atomic mass is 35.5. The Bertz CT molecular complexity index is 503. The fourth-order valence-electron chi connectivity index (χ4n) is 1.72. The van der Waals surface area contributed by atoms with Gasteiger partial charge in [0.2, 0.25) is 0 Å². The summed E-state index contributed by atoms with van der Waals surface area (Å²) in [5.74, 6) is 1.29. The molecule has 94 valence electrons. The molecule has 0 aliphatic carbocycles. The second-order valence-corrected chi connectivity index (χ2v) is 5.02. The normalized spacial score (nSPS) is 10.7. The maximum absolute atomic E-state index is 6.03. The van der Waals surface area contributed by atoms with Gasteiger partial charge in [0, 0.05) is 0 Å². The van der Waals surface area contributed by atoms with E-state index in [-0.39, 0.29) is 0 Å². The van der Waals surface area contributed by atoms with E-state index in [4.69, 9.17) is 16.3 Å². The number of ether oxygens (including phenoxy) is 1. The summed E-state index contributed by atoms with van der Waals surface area (Å²) in [6, 6.07) is 16.0. The average Bonchev–Trinajstić information content (AvgIpc) is 2.38. The molecule has 0 amide bonds. The van der Waals surface area contributed by atoms with Crippen molar-refractivity contribution in [3.63, 3.8) is 0 Å². The molecule has 0 atom stereocenters. The molecule has 2 aromatic rings. The minimum atomic E-state index is 0.544. The van der Waals surface area contributed by atoms with Gasteiger partial charge in [-0.2, -0.15) is 0 Å². The van der Waals surface area contributed by atoms with Crippen LogP contribution in [0.1, 0.15) is 30.9 Å². The van der Waals surface area contributed by atoms with E-state index in [0.29, 0.717) is 17.5 Å². The molecule has 0 radical (unpaired) electrons. The third-order valence-corrected chi connectivity index (χ3v) is 3.19. The molecule has 0 N–H and O–H groups in total. The number of hydrogen-bond donors (Lipinski definition) is 0. The molecule has 0 aliphatic rings. The summed E-state index contributed by atoms with van der Waals surface area (Å²) >= 11 is 6.03. The highest BCUT2D eigenvalue weighted by Crippen LogP contribution is 2.24. The molecule has 0 saturated carbocycles. The van der Waals surface area contributed by atoms with E-state index in [1.165, 1.54) is 5.56 Å². The van der Waals surface area contributed by atoms with Gasteiger partial charge in [-0.25, -0.2) is 0 Å². The van der Waals surface area contributed by atoms with E-state index < -0.39 is 0 Å². The lowest BCUT2D eigenvalue weighted by molar-refractivity contribution is 0.306. The van der Waals surface area contributed by atoms with Crippen molar-refractivity contribution in [2.24, 2.45) is 0 Å². The van der Waals surface area contributed by atoms with Crippen LogP contribution >= 0.6 is 11.6 Å². The van der Waals surface area contributed by atoms with E-state index in [2.05, 4.69) is 38.1 Å². The highest BCUT2D eigenvalue weighted by Gasteiger charge is 2.02. The zero-order valence-corrected chi connectivity index (χ0v) is 11.4. The van der Waals surface area contributed by atoms with Crippen LogP contribution in [0.2, 0.25) is 5.02 Å². The van der Waals surface area contributed by atoms with Crippen LogP contribution in [0, 0.1) is 0 Å². The molecule has 18 heavy (non-hydrogen) atoms. The van der Waals surface area contributed by atoms with Crippen molar-refractivity contribution in [1.29, 1.82) is 0 Å². The maximum Gasteiger partial charge on any atom is 0.138 e. The first-order chi connectivity index (χ1) is 8.66. The largest absolute Gasteiger partial charge is 0.487 e. The quantitative estimate of drug-likeness (QED) is 0.748. The Morgan fingerprint density at radius 1 is 1.00 bits per heavy atom. The molecule has 2 rings (SSSR count). The van der Waals surface area contributed by atoms with Crippen LogP contribution in [0.5, 0.6) is 5.75 Å². The summed E-state index contributed by atoms with van der Waals surface area (Å²) in [5, 5.41) is 0.649. The molecule has 0 aromatic heterocycles. The molecule has 1 nitrogen and oxygen atoms in total. The van der Waals surface area contributed by atoms with Gasteiger partial charge in [-0.1, -0.05) is 61.8 Å². The van der Waals surface area contributed by atoms with Crippen molar-refractivity contribution in [2.45, 2.75) is 26.4 Å². The number of halogens is 1. The van der Waals surface area contributed by atoms with Gasteiger partial charge in [0.1, 0.15) is 12.4 Å². The van der Waals surface area contributed by atoms with E-state index >= 15 is 0 Å². The summed E-state index contributed by atoms with van der Waals surface area (Å²) in [6.45, 7) is 4.92. The van der Waals surface area contributed by atoms with Crippen LogP contribution in [0.3, 0.4) is 0 Å². The van der Waals surface area contributed by atoms with Crippen molar-refractivity contribution in [3.8, 4) is 5.75 Å². The van der Waals surface area contributed by atoms with Crippen LogP contribution in [0.25, 0.3) is 0 Å². The second kappa shape index (κ2) is 5.92. The maximum atomic E-state index is 6.03. The summed E-state index contributed by atoms with van der Waals surface area (Å²) in [7, 11) is 0. The van der Waals surface area contributed by atoms with Crippen molar-refractivity contribution in [2.75, 3.05) is 0 Å². The molecular weight excluding hydrogens is 244 g/mol. The Morgan fingerprint density at radius 3 is 2.28 bits per heavy atom. The molecule has 0 unspecified atom stereocenters. The van der Waals surface area contributed by atoms with Crippen LogP contribution in [-0.2, 0) is 6.61 Å². The van der Waals surface area contributed by atoms with E-state index in [1.54, 1.807) is 0 Å². The minimum absolute atomic E-state index is 0.544. The molecule has 0 heterocycles. The lowest BCUT2D eigenvalue weighted by Crippen LogP contribution is -1.96. The van der Waals surface area contributed by atoms with Crippen LogP contribution in [-0.4, -0.2) is 0 Å². The topological polar surface area (TPSA) is 9.23 Å². The van der Waals surface area contributed by atoms with E-state index in [9.17, 15) is 0 Å². The van der Waals surface area contributed by atoms with Crippen LogP contribution in [0.15, 0.2) is 48.5 Å². The standard InChI is InChI=1S/C16H17ClO/c1-12(2)14-9-7-13(8-10-14)11-18-16-6-4-3-5-15(16)17/h3-10,12H,11H2,1-2H3. The van der Waals surface area contributed by atoms with E-state index in [0.717, 1.165) is 11.3 Å². The van der Waals surface area contributed by atoms with E-state index in [1.807, 2.05) is 24.3 Å². The van der Waals surface area contributed by atoms with Gasteiger partial charge >= 0.3 is 0 Å². The number of benzene rings is 2. The van der Waals surface area contributed by atoms with Gasteiger partial charge in [-0.15, -0.1) is 0 Å². The van der Waals surface area contributed by atoms with Crippen molar-refractivity contribution in [1.82, 2.24) is 0 Å². The third kappa shape index (κ3) is 3.27. The molecular formula is C16H17ClO. The Morgan fingerprint density at radius 2 is 1.67 bits per heavy atom. The number of para-hydroxylation sites is 1. The molecule has 2 aromatic carbocycles. The fraction of sp³-hybridized carbons (Fsp3) is 0.250. The smallest absolute Gasteiger partial charge is 0.138 e. The number of rotatable bonds is 4. The molecule has 0 saturated heterocycles. The first kappa shape index (κ1) is 13.0. The van der Waals surface area contributed by atoms with Gasteiger partial charge in [0.15, 0.2) is 0 Å². The Kier molecular flexibility index (Phi) is 4.27. The van der Waals surface area contributed by atoms with Gasteiger partial charge in [0.25, 0.3) is 0 Å². The van der Waals surface area contributed by atoms with Crippen molar-refractivity contribution >= 4 is 11.6 Å². The molecule has 0 spiro atoms. The molecule has 2 heteroatoms. The van der Waals surface area contributed by atoms with Gasteiger partial charge < -0.3 is 4.74 Å². The van der Waals surface area contributed by atoms with Gasteiger partial charge in [0.05, 0.1) is 5.02 Å². The van der Waals surface area contributed by atoms with Crippen molar-refractivity contribution < 1.29 is 4.74 Å². The molecule has 0 bridgehead atoms. The predicted molar refractivity (Wildman–Crippen MR) is 76.3 cm³/mol. The minimum Gasteiger partial charge on any atom is -0.487 e. The number of hydrogen-bond acceptors (Lipinski definition) is 1. The Balaban J connectivity index is 2.00. The zero-order valence-electron chi connectivity index (χ0n) is 10.7. The Hall–Kier alpha value is -1.47. The van der Waals surface area contributed by atoms with Crippen molar-refractivity contribution in [3.05, 3.63) is 64.7 Å². The summed E-state index contributed by atoms with van der Waals surface area (Å²) in [4.78, 5) is 0. The second-order valence-electron chi connectivity index (χ2n) is 4.62. The summed E-state index contributed by atoms with van der Waals surface area (Å²) in [6.07, 6.45) is 0. The highest BCUT2D eigenvalue weighted by molar-refractivity contribution is 6.32. The first-order valence-electron chi connectivity index (χ1n) is 6.13.